The molecule has 0 fully saturated rings. The predicted octanol–water partition coefficient (Wildman–Crippen LogP) is 1.62. The van der Waals surface area contributed by atoms with E-state index in [4.69, 9.17) is 18.9 Å². The van der Waals surface area contributed by atoms with Gasteiger partial charge in [0.15, 0.2) is 0 Å². The second-order valence-corrected chi connectivity index (χ2v) is 3.34. The summed E-state index contributed by atoms with van der Waals surface area (Å²) >= 11 is 0. The fourth-order valence-electron chi connectivity index (χ4n) is 1.73. The fraction of sp³-hybridized carbons (Fsp3) is 0.750. The molecule has 0 saturated heterocycles. The summed E-state index contributed by atoms with van der Waals surface area (Å²) in [5.74, 6) is -1.11. The Balaban J connectivity index is 3.01. The first-order chi connectivity index (χ1) is 8.17. The third-order valence-corrected chi connectivity index (χ3v) is 2.28. The van der Waals surface area contributed by atoms with Crippen molar-refractivity contribution in [1.29, 1.82) is 0 Å². The van der Waals surface area contributed by atoms with Crippen molar-refractivity contribution in [3.05, 3.63) is 11.5 Å². The van der Waals surface area contributed by atoms with E-state index < -0.39 is 5.79 Å². The number of Topliss-reactive ketones (excluding diaryl/α,β-unsaturated/α-hetero) is 1. The quantitative estimate of drug-likeness (QED) is 0.607. The maximum Gasteiger partial charge on any atom is 0.301 e. The van der Waals surface area contributed by atoms with Gasteiger partial charge in [0.2, 0.25) is 11.5 Å². The van der Waals surface area contributed by atoms with Crippen molar-refractivity contribution in [1.82, 2.24) is 0 Å². The summed E-state index contributed by atoms with van der Waals surface area (Å²) in [6.45, 7) is 8.82. The van der Waals surface area contributed by atoms with E-state index in [2.05, 4.69) is 0 Å². The molecule has 0 radical (unpaired) electrons. The lowest BCUT2D eigenvalue weighted by molar-refractivity contribution is -0.237. The Hall–Kier alpha value is -1.07. The van der Waals surface area contributed by atoms with Gasteiger partial charge in [-0.15, -0.1) is 0 Å². The first-order valence-electron chi connectivity index (χ1n) is 6.00. The molecule has 1 aliphatic carbocycles. The normalized spacial score (nSPS) is 18.0. The van der Waals surface area contributed by atoms with Crippen LogP contribution in [0.5, 0.6) is 0 Å². The van der Waals surface area contributed by atoms with Crippen molar-refractivity contribution in [2.75, 3.05) is 26.4 Å². The molecule has 0 heterocycles. The van der Waals surface area contributed by atoms with Crippen LogP contribution in [0.1, 0.15) is 27.7 Å². The molecule has 0 saturated carbocycles. The van der Waals surface area contributed by atoms with Gasteiger partial charge in [0, 0.05) is 13.2 Å². The molecular weight excluding hydrogens is 224 g/mol. The standard InChI is InChI=1S/C12H20O5/c1-5-14-9-10(13)12(16-7-3,17-8-4)11(9)15-6-2/h5-8H2,1-4H3. The number of hydrogen-bond donors (Lipinski definition) is 0. The fourth-order valence-corrected chi connectivity index (χ4v) is 1.73. The molecule has 0 atom stereocenters. The number of ether oxygens (including phenoxy) is 4. The molecule has 0 N–H and O–H groups in total. The van der Waals surface area contributed by atoms with Crippen molar-refractivity contribution < 1.29 is 23.7 Å². The van der Waals surface area contributed by atoms with Crippen LogP contribution < -0.4 is 0 Å². The molecule has 98 valence electrons. The Morgan fingerprint density at radius 1 is 0.882 bits per heavy atom. The molecule has 0 aromatic rings. The van der Waals surface area contributed by atoms with Gasteiger partial charge in [0.25, 0.3) is 5.78 Å². The minimum Gasteiger partial charge on any atom is -0.489 e. The van der Waals surface area contributed by atoms with Crippen LogP contribution >= 0.6 is 0 Å². The van der Waals surface area contributed by atoms with Crippen LogP contribution in [0.3, 0.4) is 0 Å². The van der Waals surface area contributed by atoms with Gasteiger partial charge in [-0.05, 0) is 27.7 Å². The lowest BCUT2D eigenvalue weighted by Gasteiger charge is -2.40. The van der Waals surface area contributed by atoms with E-state index in [1.807, 2.05) is 13.8 Å². The predicted molar refractivity (Wildman–Crippen MR) is 61.3 cm³/mol. The third kappa shape index (κ3) is 2.30. The summed E-state index contributed by atoms with van der Waals surface area (Å²) in [6, 6.07) is 0. The topological polar surface area (TPSA) is 54.0 Å². The van der Waals surface area contributed by atoms with Crippen molar-refractivity contribution in [3.63, 3.8) is 0 Å². The Labute approximate surface area is 102 Å². The van der Waals surface area contributed by atoms with Crippen LogP contribution in [-0.4, -0.2) is 38.0 Å². The molecule has 0 aliphatic heterocycles. The van der Waals surface area contributed by atoms with Gasteiger partial charge in [-0.2, -0.15) is 0 Å². The number of carbonyl (C=O) groups excluding carboxylic acids is 1. The van der Waals surface area contributed by atoms with Crippen LogP contribution in [0.15, 0.2) is 11.5 Å². The Morgan fingerprint density at radius 2 is 1.41 bits per heavy atom. The average Bonchev–Trinajstić information content (AvgIpc) is 2.33. The Morgan fingerprint density at radius 3 is 1.82 bits per heavy atom. The number of ketones is 1. The van der Waals surface area contributed by atoms with Crippen molar-refractivity contribution in [2.45, 2.75) is 33.5 Å². The van der Waals surface area contributed by atoms with E-state index >= 15 is 0 Å². The van der Waals surface area contributed by atoms with Gasteiger partial charge in [0.1, 0.15) is 0 Å². The molecule has 0 unspecified atom stereocenters. The summed E-state index contributed by atoms with van der Waals surface area (Å²) in [4.78, 5) is 12.0. The zero-order valence-electron chi connectivity index (χ0n) is 10.9. The van der Waals surface area contributed by atoms with E-state index in [-0.39, 0.29) is 11.5 Å². The highest BCUT2D eigenvalue weighted by Crippen LogP contribution is 2.40. The second-order valence-electron chi connectivity index (χ2n) is 3.34. The van der Waals surface area contributed by atoms with E-state index in [0.29, 0.717) is 32.2 Å². The molecule has 0 amide bonds. The summed E-state index contributed by atoms with van der Waals surface area (Å²) in [5.41, 5.74) is 0. The maximum atomic E-state index is 12.0. The zero-order chi connectivity index (χ0) is 12.9. The van der Waals surface area contributed by atoms with Gasteiger partial charge >= 0.3 is 5.79 Å². The van der Waals surface area contributed by atoms with Crippen LogP contribution in [0.2, 0.25) is 0 Å². The first kappa shape index (κ1) is 14.0. The zero-order valence-corrected chi connectivity index (χ0v) is 10.9. The molecular formula is C12H20O5. The van der Waals surface area contributed by atoms with Gasteiger partial charge in [-0.3, -0.25) is 4.79 Å². The summed E-state index contributed by atoms with van der Waals surface area (Å²) in [6.07, 6.45) is 0. The first-order valence-corrected chi connectivity index (χ1v) is 6.00. The molecule has 0 aromatic carbocycles. The minimum absolute atomic E-state index is 0.219. The smallest absolute Gasteiger partial charge is 0.301 e. The van der Waals surface area contributed by atoms with Crippen molar-refractivity contribution in [3.8, 4) is 0 Å². The highest BCUT2D eigenvalue weighted by atomic mass is 16.7. The maximum absolute atomic E-state index is 12.0. The minimum atomic E-state index is -1.38. The highest BCUT2D eigenvalue weighted by molar-refractivity contribution is 6.09. The van der Waals surface area contributed by atoms with Gasteiger partial charge < -0.3 is 18.9 Å². The van der Waals surface area contributed by atoms with Crippen LogP contribution in [0.25, 0.3) is 0 Å². The molecule has 5 nitrogen and oxygen atoms in total. The number of carbonyl (C=O) groups is 1. The number of rotatable bonds is 8. The summed E-state index contributed by atoms with van der Waals surface area (Å²) in [5, 5.41) is 0. The van der Waals surface area contributed by atoms with Crippen LogP contribution in [-0.2, 0) is 23.7 Å². The van der Waals surface area contributed by atoms with E-state index in [0.717, 1.165) is 0 Å². The van der Waals surface area contributed by atoms with Gasteiger partial charge in [0.05, 0.1) is 13.2 Å². The Bertz CT molecular complexity index is 302. The monoisotopic (exact) mass is 244 g/mol. The SMILES string of the molecule is CCOC1=C(OCC)C(OCC)(OCC)C1=O. The Kier molecular flexibility index (Phi) is 4.96. The third-order valence-electron chi connectivity index (χ3n) is 2.28. The average molecular weight is 244 g/mol. The second kappa shape index (κ2) is 6.02. The van der Waals surface area contributed by atoms with Crippen molar-refractivity contribution >= 4 is 5.78 Å². The molecule has 17 heavy (non-hydrogen) atoms. The highest BCUT2D eigenvalue weighted by Gasteiger charge is 2.60. The van der Waals surface area contributed by atoms with Gasteiger partial charge in [-0.1, -0.05) is 0 Å². The molecule has 5 heteroatoms. The molecule has 1 aliphatic rings. The number of hydrogen-bond acceptors (Lipinski definition) is 5. The van der Waals surface area contributed by atoms with Crippen molar-refractivity contribution in [2.24, 2.45) is 0 Å². The molecule has 0 aromatic heterocycles. The lowest BCUT2D eigenvalue weighted by atomic mass is 9.94. The van der Waals surface area contributed by atoms with E-state index in [1.54, 1.807) is 13.8 Å². The lowest BCUT2D eigenvalue weighted by Crippen LogP contribution is -2.56. The van der Waals surface area contributed by atoms with E-state index in [1.165, 1.54) is 0 Å². The molecule has 0 bridgehead atoms. The van der Waals surface area contributed by atoms with Crippen LogP contribution in [0.4, 0.5) is 0 Å². The summed E-state index contributed by atoms with van der Waals surface area (Å²) < 4.78 is 21.5. The molecule has 1 rings (SSSR count). The molecule has 0 spiro atoms. The van der Waals surface area contributed by atoms with E-state index in [9.17, 15) is 4.79 Å². The van der Waals surface area contributed by atoms with Crippen LogP contribution in [0, 0.1) is 0 Å². The largest absolute Gasteiger partial charge is 0.489 e. The van der Waals surface area contributed by atoms with Gasteiger partial charge in [-0.25, -0.2) is 0 Å². The summed E-state index contributed by atoms with van der Waals surface area (Å²) in [7, 11) is 0.